The maximum atomic E-state index is 12.3. The van der Waals surface area contributed by atoms with Crippen LogP contribution < -0.4 is 10.1 Å². The van der Waals surface area contributed by atoms with Crippen LogP contribution in [0.3, 0.4) is 0 Å². The first-order valence-electron chi connectivity index (χ1n) is 6.60. The highest BCUT2D eigenvalue weighted by molar-refractivity contribution is 7.17. The van der Waals surface area contributed by atoms with Crippen LogP contribution in [0.25, 0.3) is 0 Å². The summed E-state index contributed by atoms with van der Waals surface area (Å²) in [7, 11) is 1.58. The third-order valence-corrected chi connectivity index (χ3v) is 3.76. The van der Waals surface area contributed by atoms with Gasteiger partial charge in [0.15, 0.2) is 10.9 Å². The number of aromatic nitrogens is 1. The van der Waals surface area contributed by atoms with Crippen LogP contribution >= 0.6 is 11.3 Å². The number of rotatable bonds is 7. The van der Waals surface area contributed by atoms with E-state index in [2.05, 4.69) is 10.3 Å². The Bertz CT molecular complexity index is 669. The summed E-state index contributed by atoms with van der Waals surface area (Å²) < 4.78 is 10.4. The molecule has 1 amide bonds. The molecule has 0 bridgehead atoms. The fourth-order valence-electron chi connectivity index (χ4n) is 1.67. The number of hydrogen-bond acceptors (Lipinski definition) is 6. The fraction of sp³-hybridized carbons (Fsp3) is 0.267. The maximum absolute atomic E-state index is 12.3. The summed E-state index contributed by atoms with van der Waals surface area (Å²) in [5.41, 5.74) is 0.401. The molecule has 0 spiro atoms. The number of benzene rings is 1. The average molecular weight is 320 g/mol. The first kappa shape index (κ1) is 16.1. The number of ketones is 1. The van der Waals surface area contributed by atoms with Crippen LogP contribution in [0.2, 0.25) is 0 Å². The zero-order valence-corrected chi connectivity index (χ0v) is 13.1. The molecule has 7 heteroatoms. The molecule has 0 aliphatic heterocycles. The predicted octanol–water partition coefficient (Wildman–Crippen LogP) is 2.62. The minimum atomic E-state index is -0.336. The lowest BCUT2D eigenvalue weighted by Crippen LogP contribution is -2.14. The minimum Gasteiger partial charge on any atom is -0.490 e. The van der Waals surface area contributed by atoms with Crippen LogP contribution in [-0.2, 0) is 4.74 Å². The molecule has 0 saturated carbocycles. The molecule has 2 rings (SSSR count). The molecule has 1 aromatic heterocycles. The summed E-state index contributed by atoms with van der Waals surface area (Å²) in [5, 5.41) is 3.05. The molecule has 0 aliphatic carbocycles. The monoisotopic (exact) mass is 320 g/mol. The number of hydrogen-bond donors (Lipinski definition) is 1. The molecule has 116 valence electrons. The number of nitrogens with one attached hydrogen (secondary N) is 1. The van der Waals surface area contributed by atoms with Gasteiger partial charge in [-0.25, -0.2) is 4.98 Å². The van der Waals surface area contributed by atoms with E-state index in [1.54, 1.807) is 31.4 Å². The van der Waals surface area contributed by atoms with E-state index < -0.39 is 0 Å². The molecule has 0 saturated heterocycles. The van der Waals surface area contributed by atoms with Crippen molar-refractivity contribution in [2.24, 2.45) is 0 Å². The molecule has 1 N–H and O–H groups in total. The quantitative estimate of drug-likeness (QED) is 0.627. The van der Waals surface area contributed by atoms with Gasteiger partial charge in [-0.1, -0.05) is 23.5 Å². The first-order valence-corrected chi connectivity index (χ1v) is 7.42. The number of amides is 1. The second-order valence-electron chi connectivity index (χ2n) is 4.38. The van der Waals surface area contributed by atoms with E-state index in [1.807, 2.05) is 0 Å². The molecular weight excluding hydrogens is 304 g/mol. The molecule has 6 nitrogen and oxygen atoms in total. The number of carbonyl (C=O) groups excluding carboxylic acids is 2. The second kappa shape index (κ2) is 7.67. The Morgan fingerprint density at radius 1 is 1.27 bits per heavy atom. The number of ether oxygens (including phenoxy) is 2. The van der Waals surface area contributed by atoms with Gasteiger partial charge in [-0.05, 0) is 12.1 Å². The Balaban J connectivity index is 2.09. The van der Waals surface area contributed by atoms with Gasteiger partial charge in [-0.2, -0.15) is 0 Å². The van der Waals surface area contributed by atoms with Gasteiger partial charge in [0.05, 0.1) is 23.2 Å². The van der Waals surface area contributed by atoms with Crippen molar-refractivity contribution < 1.29 is 19.1 Å². The van der Waals surface area contributed by atoms with Crippen molar-refractivity contribution in [1.82, 2.24) is 4.98 Å². The van der Waals surface area contributed by atoms with Crippen LogP contribution in [0.15, 0.2) is 30.5 Å². The van der Waals surface area contributed by atoms with Gasteiger partial charge in [0.25, 0.3) is 5.91 Å². The van der Waals surface area contributed by atoms with Crippen molar-refractivity contribution in [3.8, 4) is 5.75 Å². The molecule has 0 aliphatic rings. The number of para-hydroxylation sites is 1. The van der Waals surface area contributed by atoms with Gasteiger partial charge in [0.1, 0.15) is 12.4 Å². The predicted molar refractivity (Wildman–Crippen MR) is 83.9 cm³/mol. The van der Waals surface area contributed by atoms with Crippen LogP contribution in [-0.4, -0.2) is 37.0 Å². The van der Waals surface area contributed by atoms with E-state index in [0.717, 1.165) is 11.3 Å². The Morgan fingerprint density at radius 2 is 2.05 bits per heavy atom. The van der Waals surface area contributed by atoms with Gasteiger partial charge >= 0.3 is 0 Å². The summed E-state index contributed by atoms with van der Waals surface area (Å²) in [5.74, 6) is 0.0548. The molecule has 2 aromatic rings. The fourth-order valence-corrected chi connectivity index (χ4v) is 2.38. The van der Waals surface area contributed by atoms with E-state index >= 15 is 0 Å². The second-order valence-corrected chi connectivity index (χ2v) is 5.41. The maximum Gasteiger partial charge on any atom is 0.261 e. The normalized spacial score (nSPS) is 10.3. The summed E-state index contributed by atoms with van der Waals surface area (Å²) >= 11 is 1.14. The minimum absolute atomic E-state index is 0.0821. The summed E-state index contributed by atoms with van der Waals surface area (Å²) in [6, 6.07) is 6.92. The Morgan fingerprint density at radius 3 is 2.73 bits per heavy atom. The van der Waals surface area contributed by atoms with Gasteiger partial charge < -0.3 is 9.47 Å². The highest BCUT2D eigenvalue weighted by atomic mass is 32.1. The molecule has 0 unspecified atom stereocenters. The number of Topliss-reactive ketones (excluding diaryl/α,β-unsaturated/α-hetero) is 1. The van der Waals surface area contributed by atoms with Gasteiger partial charge in [-0.3, -0.25) is 14.9 Å². The van der Waals surface area contributed by atoms with E-state index in [4.69, 9.17) is 9.47 Å². The molecule has 0 atom stereocenters. The van der Waals surface area contributed by atoms with Crippen LogP contribution in [0.4, 0.5) is 5.13 Å². The molecule has 0 fully saturated rings. The topological polar surface area (TPSA) is 77.5 Å². The zero-order valence-electron chi connectivity index (χ0n) is 12.3. The van der Waals surface area contributed by atoms with Gasteiger partial charge in [0.2, 0.25) is 0 Å². The molecule has 22 heavy (non-hydrogen) atoms. The van der Waals surface area contributed by atoms with E-state index in [-0.39, 0.29) is 11.7 Å². The highest BCUT2D eigenvalue weighted by Gasteiger charge is 2.14. The molecule has 1 aromatic carbocycles. The number of anilines is 1. The van der Waals surface area contributed by atoms with Crippen molar-refractivity contribution >= 4 is 28.2 Å². The van der Waals surface area contributed by atoms with Gasteiger partial charge in [0, 0.05) is 14.0 Å². The summed E-state index contributed by atoms with van der Waals surface area (Å²) in [4.78, 5) is 28.1. The van der Waals surface area contributed by atoms with Crippen molar-refractivity contribution in [2.75, 3.05) is 25.6 Å². The Kier molecular flexibility index (Phi) is 5.62. The number of thiazole rings is 1. The van der Waals surface area contributed by atoms with Crippen molar-refractivity contribution in [2.45, 2.75) is 6.92 Å². The average Bonchev–Trinajstić information content (AvgIpc) is 2.97. The number of carbonyl (C=O) groups is 2. The number of methoxy groups -OCH3 is 1. The first-order chi connectivity index (χ1) is 10.6. The molecule has 1 heterocycles. The van der Waals surface area contributed by atoms with Crippen LogP contribution in [0, 0.1) is 0 Å². The van der Waals surface area contributed by atoms with Crippen molar-refractivity contribution in [1.29, 1.82) is 0 Å². The lowest BCUT2D eigenvalue weighted by atomic mass is 10.2. The Labute approximate surface area is 132 Å². The number of nitrogens with zero attached hydrogens (tertiary/aromatic N) is 1. The van der Waals surface area contributed by atoms with Crippen LogP contribution in [0.1, 0.15) is 27.0 Å². The lowest BCUT2D eigenvalue weighted by Gasteiger charge is -2.10. The van der Waals surface area contributed by atoms with Crippen LogP contribution in [0.5, 0.6) is 5.75 Å². The highest BCUT2D eigenvalue weighted by Crippen LogP contribution is 2.22. The lowest BCUT2D eigenvalue weighted by molar-refractivity contribution is 0.101. The molecular formula is C15H16N2O4S. The zero-order chi connectivity index (χ0) is 15.9. The van der Waals surface area contributed by atoms with E-state index in [9.17, 15) is 9.59 Å². The summed E-state index contributed by atoms with van der Waals surface area (Å²) in [6.45, 7) is 2.25. The van der Waals surface area contributed by atoms with Gasteiger partial charge in [-0.15, -0.1) is 0 Å². The van der Waals surface area contributed by atoms with Crippen molar-refractivity contribution in [3.63, 3.8) is 0 Å². The Hall–Kier alpha value is -2.25. The van der Waals surface area contributed by atoms with E-state index in [0.29, 0.717) is 34.5 Å². The summed E-state index contributed by atoms with van der Waals surface area (Å²) in [6.07, 6.45) is 1.45. The smallest absolute Gasteiger partial charge is 0.261 e. The largest absolute Gasteiger partial charge is 0.490 e. The third-order valence-electron chi connectivity index (χ3n) is 2.75. The SMILES string of the molecule is COCCOc1ccccc1C(=O)Nc1ncc(C(C)=O)s1. The van der Waals surface area contributed by atoms with E-state index in [1.165, 1.54) is 13.1 Å². The third kappa shape index (κ3) is 4.12. The van der Waals surface area contributed by atoms with Crippen molar-refractivity contribution in [3.05, 3.63) is 40.9 Å². The molecule has 0 radical (unpaired) electrons. The standard InChI is InChI=1S/C15H16N2O4S/c1-10(18)13-9-16-15(22-13)17-14(19)11-5-3-4-6-12(11)21-8-7-20-2/h3-6,9H,7-8H2,1-2H3,(H,16,17,19).